The zero-order chi connectivity index (χ0) is 14.8. The Morgan fingerprint density at radius 3 is 2.16 bits per heavy atom. The van der Waals surface area contributed by atoms with Crippen molar-refractivity contribution >= 4 is 39.3 Å². The number of alkyl halides is 2. The van der Waals surface area contributed by atoms with Gasteiger partial charge in [0.1, 0.15) is 0 Å². The number of hydrogen-bond donors (Lipinski definition) is 1. The highest BCUT2D eigenvalue weighted by atomic mass is 35.5. The van der Waals surface area contributed by atoms with Crippen LogP contribution in [0.3, 0.4) is 0 Å². The van der Waals surface area contributed by atoms with Crippen molar-refractivity contribution in [2.45, 2.75) is 5.25 Å². The number of carbonyl (C=O) groups excluding carboxylic acids is 1. The first-order chi connectivity index (χ1) is 8.53. The Labute approximate surface area is 116 Å². The van der Waals surface area contributed by atoms with E-state index in [9.17, 15) is 22.0 Å². The number of carbonyl (C=O) groups is 1. The number of ether oxygens (including phenoxy) is 1. The molecule has 0 fully saturated rings. The Kier molecular flexibility index (Phi) is 4.72. The summed E-state index contributed by atoms with van der Waals surface area (Å²) < 4.78 is 58.5. The maximum atomic E-state index is 12.8. The summed E-state index contributed by atoms with van der Waals surface area (Å²) in [5, 5.41) is -4.45. The maximum absolute atomic E-state index is 12.8. The van der Waals surface area contributed by atoms with Gasteiger partial charge in [-0.05, 0) is 18.2 Å². The van der Waals surface area contributed by atoms with Crippen molar-refractivity contribution in [1.82, 2.24) is 0 Å². The third-order valence-corrected chi connectivity index (χ3v) is 3.16. The highest BCUT2D eigenvalue weighted by Gasteiger charge is 2.45. The van der Waals surface area contributed by atoms with Crippen LogP contribution in [0.5, 0.6) is 0 Å². The monoisotopic (exact) mass is 334 g/mol. The molecule has 0 heterocycles. The highest BCUT2D eigenvalue weighted by molar-refractivity contribution is 7.86. The van der Waals surface area contributed by atoms with Crippen molar-refractivity contribution in [3.8, 4) is 0 Å². The molecule has 0 aliphatic heterocycles. The second kappa shape index (κ2) is 5.58. The molecule has 0 atom stereocenters. The van der Waals surface area contributed by atoms with Crippen LogP contribution in [0.15, 0.2) is 18.2 Å². The number of esters is 1. The summed E-state index contributed by atoms with van der Waals surface area (Å²) in [6.07, 6.45) is 0. The van der Waals surface area contributed by atoms with Crippen LogP contribution in [-0.4, -0.2) is 30.8 Å². The van der Waals surface area contributed by atoms with Crippen molar-refractivity contribution in [3.05, 3.63) is 33.8 Å². The van der Waals surface area contributed by atoms with Crippen LogP contribution in [0.25, 0.3) is 0 Å². The predicted octanol–water partition coefficient (Wildman–Crippen LogP) is 2.63. The lowest BCUT2D eigenvalue weighted by atomic mass is 10.2. The summed E-state index contributed by atoms with van der Waals surface area (Å²) in [7, 11) is -5.66. The van der Waals surface area contributed by atoms with E-state index in [4.69, 9.17) is 27.8 Å². The van der Waals surface area contributed by atoms with Crippen molar-refractivity contribution in [1.29, 1.82) is 0 Å². The van der Waals surface area contributed by atoms with Gasteiger partial charge in [0.05, 0.1) is 5.56 Å². The van der Waals surface area contributed by atoms with E-state index in [1.165, 1.54) is 6.07 Å². The Morgan fingerprint density at radius 1 is 1.26 bits per heavy atom. The first-order valence-electron chi connectivity index (χ1n) is 4.51. The number of halogens is 4. The van der Waals surface area contributed by atoms with Crippen LogP contribution < -0.4 is 0 Å². The van der Waals surface area contributed by atoms with Crippen LogP contribution >= 0.6 is 23.2 Å². The zero-order valence-corrected chi connectivity index (χ0v) is 11.3. The fraction of sp³-hybridized carbons (Fsp3) is 0.222. The minimum atomic E-state index is -5.66. The van der Waals surface area contributed by atoms with Crippen LogP contribution in [0.1, 0.15) is 10.4 Å². The molecule has 0 bridgehead atoms. The molecule has 0 aromatic heterocycles. The molecule has 0 aliphatic carbocycles. The SMILES string of the molecule is O=C(OCC(F)(F)S(=O)(=O)O)c1cc(Cl)cc(Cl)c1. The molecule has 0 saturated heterocycles. The largest absolute Gasteiger partial charge is 0.454 e. The van der Waals surface area contributed by atoms with Crippen LogP contribution in [-0.2, 0) is 14.9 Å². The quantitative estimate of drug-likeness (QED) is 0.676. The summed E-state index contributed by atoms with van der Waals surface area (Å²) >= 11 is 11.2. The summed E-state index contributed by atoms with van der Waals surface area (Å²) in [4.78, 5) is 11.4. The van der Waals surface area contributed by atoms with E-state index < -0.39 is 27.9 Å². The molecule has 0 saturated carbocycles. The van der Waals surface area contributed by atoms with Gasteiger partial charge in [-0.15, -0.1) is 0 Å². The molecule has 0 radical (unpaired) electrons. The van der Waals surface area contributed by atoms with Gasteiger partial charge >= 0.3 is 21.3 Å². The van der Waals surface area contributed by atoms with Gasteiger partial charge in [0.15, 0.2) is 6.61 Å². The van der Waals surface area contributed by atoms with E-state index >= 15 is 0 Å². The first kappa shape index (κ1) is 16.1. The minimum Gasteiger partial charge on any atom is -0.454 e. The molecule has 0 spiro atoms. The third-order valence-electron chi connectivity index (χ3n) is 1.85. The molecule has 10 heteroatoms. The molecule has 19 heavy (non-hydrogen) atoms. The van der Waals surface area contributed by atoms with E-state index in [-0.39, 0.29) is 15.6 Å². The van der Waals surface area contributed by atoms with Gasteiger partial charge in [0.2, 0.25) is 0 Å². The van der Waals surface area contributed by atoms with Crippen LogP contribution in [0.2, 0.25) is 10.0 Å². The molecule has 0 amide bonds. The number of hydrogen-bond acceptors (Lipinski definition) is 4. The van der Waals surface area contributed by atoms with Crippen molar-refractivity contribution < 1.29 is 31.3 Å². The highest BCUT2D eigenvalue weighted by Crippen LogP contribution is 2.23. The van der Waals surface area contributed by atoms with Gasteiger partial charge in [-0.2, -0.15) is 17.2 Å². The van der Waals surface area contributed by atoms with E-state index in [0.29, 0.717) is 0 Å². The molecule has 0 unspecified atom stereocenters. The normalized spacial score (nSPS) is 12.3. The standard InChI is InChI=1S/C9H6Cl2F2O5S/c10-6-1-5(2-7(11)3-6)8(14)18-4-9(12,13)19(15,16)17/h1-3H,4H2,(H,15,16,17). The van der Waals surface area contributed by atoms with E-state index in [1.54, 1.807) is 0 Å². The lowest BCUT2D eigenvalue weighted by Gasteiger charge is -2.13. The Hall–Kier alpha value is -0.960. The fourth-order valence-electron chi connectivity index (χ4n) is 0.979. The molecule has 5 nitrogen and oxygen atoms in total. The van der Waals surface area contributed by atoms with Crippen molar-refractivity contribution in [3.63, 3.8) is 0 Å². The van der Waals surface area contributed by atoms with Gasteiger partial charge in [0.25, 0.3) is 0 Å². The van der Waals surface area contributed by atoms with Gasteiger partial charge in [-0.25, -0.2) is 4.79 Å². The summed E-state index contributed by atoms with van der Waals surface area (Å²) in [6, 6.07) is 3.50. The molecule has 1 aromatic rings. The lowest BCUT2D eigenvalue weighted by molar-refractivity contribution is -0.00950. The molecule has 106 valence electrons. The first-order valence-corrected chi connectivity index (χ1v) is 6.70. The molecule has 0 aliphatic rings. The van der Waals surface area contributed by atoms with E-state index in [0.717, 1.165) is 12.1 Å². The third kappa shape index (κ3) is 4.27. The van der Waals surface area contributed by atoms with Gasteiger partial charge in [0, 0.05) is 10.0 Å². The zero-order valence-electron chi connectivity index (χ0n) is 8.94. The van der Waals surface area contributed by atoms with E-state index in [1.807, 2.05) is 0 Å². The average Bonchev–Trinajstić information content (AvgIpc) is 2.23. The average molecular weight is 335 g/mol. The lowest BCUT2D eigenvalue weighted by Crippen LogP contribution is -2.34. The number of rotatable bonds is 4. The van der Waals surface area contributed by atoms with E-state index in [2.05, 4.69) is 4.74 Å². The van der Waals surface area contributed by atoms with Gasteiger partial charge < -0.3 is 4.74 Å². The summed E-state index contributed by atoms with van der Waals surface area (Å²) in [5.41, 5.74) is -0.233. The van der Waals surface area contributed by atoms with Crippen molar-refractivity contribution in [2.75, 3.05) is 6.61 Å². The number of benzene rings is 1. The summed E-state index contributed by atoms with van der Waals surface area (Å²) in [6.45, 7) is -1.82. The Morgan fingerprint density at radius 2 is 1.74 bits per heavy atom. The molecular weight excluding hydrogens is 329 g/mol. The minimum absolute atomic E-state index is 0.0704. The molecule has 1 aromatic carbocycles. The predicted molar refractivity (Wildman–Crippen MR) is 63.2 cm³/mol. The fourth-order valence-corrected chi connectivity index (χ4v) is 1.71. The second-order valence-electron chi connectivity index (χ2n) is 3.35. The second-order valence-corrected chi connectivity index (χ2v) is 5.77. The smallest absolute Gasteiger partial charge is 0.402 e. The maximum Gasteiger partial charge on any atom is 0.402 e. The topological polar surface area (TPSA) is 80.7 Å². The molecule has 1 rings (SSSR count). The molecular formula is C9H6Cl2F2O5S. The molecule has 1 N–H and O–H groups in total. The van der Waals surface area contributed by atoms with Gasteiger partial charge in [-0.3, -0.25) is 4.55 Å². The summed E-state index contributed by atoms with van der Waals surface area (Å²) in [5.74, 6) is -1.26. The van der Waals surface area contributed by atoms with Crippen LogP contribution in [0, 0.1) is 0 Å². The van der Waals surface area contributed by atoms with Crippen molar-refractivity contribution in [2.24, 2.45) is 0 Å². The van der Waals surface area contributed by atoms with Crippen LogP contribution in [0.4, 0.5) is 8.78 Å². The Balaban J connectivity index is 2.82. The van der Waals surface area contributed by atoms with Gasteiger partial charge in [-0.1, -0.05) is 23.2 Å². The Bertz CT molecular complexity index is 582.